The summed E-state index contributed by atoms with van der Waals surface area (Å²) >= 11 is 0. The number of rotatable bonds is 13. The number of benzene rings is 2. The molecule has 1 aromatic heterocycles. The second-order valence-electron chi connectivity index (χ2n) is 10.6. The zero-order valence-corrected chi connectivity index (χ0v) is 22.6. The zero-order chi connectivity index (χ0) is 26.1. The molecule has 0 aliphatic rings. The average molecular weight is 491 g/mol. The number of nitrogens with one attached hydrogen (secondary N) is 1. The molecule has 0 atom stereocenters. The first-order chi connectivity index (χ1) is 17.2. The van der Waals surface area contributed by atoms with Crippen molar-refractivity contribution >= 4 is 22.8 Å². The van der Waals surface area contributed by atoms with Crippen LogP contribution in [0.1, 0.15) is 68.7 Å². The molecule has 0 unspecified atom stereocenters. The van der Waals surface area contributed by atoms with Crippen LogP contribution in [0.3, 0.4) is 0 Å². The van der Waals surface area contributed by atoms with E-state index in [0.29, 0.717) is 30.5 Å². The molecule has 0 aliphatic carbocycles. The second-order valence-corrected chi connectivity index (χ2v) is 10.6. The average Bonchev–Trinajstić information content (AvgIpc) is 3.17. The van der Waals surface area contributed by atoms with Crippen molar-refractivity contribution in [3.63, 3.8) is 0 Å². The normalized spacial score (nSPS) is 11.4. The number of hydrogen-bond acceptors (Lipinski definition) is 3. The highest BCUT2D eigenvalue weighted by Crippen LogP contribution is 2.19. The van der Waals surface area contributed by atoms with E-state index in [1.165, 1.54) is 0 Å². The van der Waals surface area contributed by atoms with Crippen molar-refractivity contribution in [1.82, 2.24) is 19.8 Å². The zero-order valence-electron chi connectivity index (χ0n) is 22.6. The summed E-state index contributed by atoms with van der Waals surface area (Å²) in [6.45, 7) is 13.1. The molecule has 2 amide bonds. The minimum Gasteiger partial charge on any atom is -0.352 e. The summed E-state index contributed by atoms with van der Waals surface area (Å²) in [4.78, 5) is 32.5. The number of unbranched alkanes of at least 4 members (excludes halogenated alkanes) is 2. The Morgan fingerprint density at radius 3 is 2.25 bits per heavy atom. The van der Waals surface area contributed by atoms with Gasteiger partial charge in [-0.3, -0.25) is 9.59 Å². The van der Waals surface area contributed by atoms with Gasteiger partial charge >= 0.3 is 0 Å². The molecule has 6 nitrogen and oxygen atoms in total. The minimum atomic E-state index is -0.0253. The Balaban J connectivity index is 1.57. The largest absolute Gasteiger partial charge is 0.352 e. The number of aryl methyl sites for hydroxylation is 2. The van der Waals surface area contributed by atoms with Crippen LogP contribution in [-0.4, -0.2) is 45.9 Å². The Bertz CT molecular complexity index is 1120. The molecule has 0 radical (unpaired) electrons. The SMILES string of the molecule is Cc1ccc(C(=O)NCCCCCc2nc3ccccc3n2CC(=O)N(CC(C)C)CC(C)C)cc1. The molecule has 3 rings (SSSR count). The van der Waals surface area contributed by atoms with Gasteiger partial charge in [0.15, 0.2) is 0 Å². The molecule has 0 bridgehead atoms. The van der Waals surface area contributed by atoms with Crippen molar-refractivity contribution in [2.75, 3.05) is 19.6 Å². The van der Waals surface area contributed by atoms with Crippen LogP contribution in [0.15, 0.2) is 48.5 Å². The summed E-state index contributed by atoms with van der Waals surface area (Å²) in [6, 6.07) is 15.7. The second kappa shape index (κ2) is 13.2. The standard InChI is InChI=1S/C30H42N4O2/c1-22(2)19-33(20-23(3)4)29(35)21-34-27-12-9-8-11-26(27)32-28(34)13-7-6-10-18-31-30(36)25-16-14-24(5)15-17-25/h8-9,11-12,14-17,22-23H,6-7,10,13,18-21H2,1-5H3,(H,31,36). The summed E-state index contributed by atoms with van der Waals surface area (Å²) < 4.78 is 2.10. The fourth-order valence-electron chi connectivity index (χ4n) is 4.48. The molecule has 0 spiro atoms. The highest BCUT2D eigenvalue weighted by atomic mass is 16.2. The van der Waals surface area contributed by atoms with E-state index in [-0.39, 0.29) is 11.8 Å². The quantitative estimate of drug-likeness (QED) is 0.316. The van der Waals surface area contributed by atoms with E-state index >= 15 is 0 Å². The Hall–Kier alpha value is -3.15. The molecular weight excluding hydrogens is 448 g/mol. The first kappa shape index (κ1) is 27.4. The van der Waals surface area contributed by atoms with Crippen LogP contribution >= 0.6 is 0 Å². The Labute approximate surface area is 216 Å². The predicted molar refractivity (Wildman–Crippen MR) is 147 cm³/mol. The van der Waals surface area contributed by atoms with Crippen LogP contribution in [0.2, 0.25) is 0 Å². The van der Waals surface area contributed by atoms with Gasteiger partial charge in [0, 0.05) is 31.6 Å². The van der Waals surface area contributed by atoms with Crippen molar-refractivity contribution in [2.45, 2.75) is 66.8 Å². The number of para-hydroxylation sites is 2. The van der Waals surface area contributed by atoms with E-state index in [9.17, 15) is 9.59 Å². The van der Waals surface area contributed by atoms with Gasteiger partial charge in [0.05, 0.1) is 11.0 Å². The Kier molecular flexibility index (Phi) is 10.1. The van der Waals surface area contributed by atoms with Gasteiger partial charge in [0.25, 0.3) is 5.91 Å². The molecular formula is C30H42N4O2. The van der Waals surface area contributed by atoms with Gasteiger partial charge in [0.1, 0.15) is 12.4 Å². The van der Waals surface area contributed by atoms with Gasteiger partial charge in [0.2, 0.25) is 5.91 Å². The molecule has 1 heterocycles. The van der Waals surface area contributed by atoms with Gasteiger partial charge in [-0.2, -0.15) is 0 Å². The summed E-state index contributed by atoms with van der Waals surface area (Å²) in [5.74, 6) is 1.95. The maximum Gasteiger partial charge on any atom is 0.251 e. The third-order valence-corrected chi connectivity index (χ3v) is 6.23. The molecule has 0 fully saturated rings. The number of aromatic nitrogens is 2. The van der Waals surface area contributed by atoms with E-state index in [2.05, 4.69) is 43.6 Å². The van der Waals surface area contributed by atoms with Crippen LogP contribution in [0.25, 0.3) is 11.0 Å². The van der Waals surface area contributed by atoms with Gasteiger partial charge in [-0.05, 0) is 55.9 Å². The lowest BCUT2D eigenvalue weighted by Gasteiger charge is -2.27. The predicted octanol–water partition coefficient (Wildman–Crippen LogP) is 5.63. The number of nitrogens with zero attached hydrogens (tertiary/aromatic N) is 3. The molecule has 3 aromatic rings. The highest BCUT2D eigenvalue weighted by Gasteiger charge is 2.20. The van der Waals surface area contributed by atoms with E-state index < -0.39 is 0 Å². The number of fused-ring (bicyclic) bond motifs is 1. The van der Waals surface area contributed by atoms with Gasteiger partial charge in [-0.1, -0.05) is 63.9 Å². The number of carbonyl (C=O) groups is 2. The van der Waals surface area contributed by atoms with Crippen LogP contribution in [0.5, 0.6) is 0 Å². The highest BCUT2D eigenvalue weighted by molar-refractivity contribution is 5.94. The summed E-state index contributed by atoms with van der Waals surface area (Å²) in [5, 5.41) is 3.01. The molecule has 194 valence electrons. The lowest BCUT2D eigenvalue weighted by Crippen LogP contribution is -2.39. The first-order valence-corrected chi connectivity index (χ1v) is 13.3. The number of carbonyl (C=O) groups excluding carboxylic acids is 2. The third-order valence-electron chi connectivity index (χ3n) is 6.23. The first-order valence-electron chi connectivity index (χ1n) is 13.3. The topological polar surface area (TPSA) is 67.2 Å². The lowest BCUT2D eigenvalue weighted by molar-refractivity contribution is -0.132. The Morgan fingerprint density at radius 1 is 0.917 bits per heavy atom. The molecule has 0 saturated carbocycles. The molecule has 0 aliphatic heterocycles. The van der Waals surface area contributed by atoms with Crippen LogP contribution in [-0.2, 0) is 17.8 Å². The maximum atomic E-state index is 13.3. The molecule has 6 heteroatoms. The van der Waals surface area contributed by atoms with E-state index in [0.717, 1.165) is 61.2 Å². The van der Waals surface area contributed by atoms with Crippen LogP contribution in [0, 0.1) is 18.8 Å². The summed E-state index contributed by atoms with van der Waals surface area (Å²) in [7, 11) is 0. The van der Waals surface area contributed by atoms with E-state index in [1.807, 2.05) is 54.3 Å². The fourth-order valence-corrected chi connectivity index (χ4v) is 4.48. The summed E-state index contributed by atoms with van der Waals surface area (Å²) in [5.41, 5.74) is 3.79. The van der Waals surface area contributed by atoms with Gasteiger partial charge in [-0.15, -0.1) is 0 Å². The third kappa shape index (κ3) is 7.94. The minimum absolute atomic E-state index is 0.0253. The Morgan fingerprint density at radius 2 is 1.58 bits per heavy atom. The maximum absolute atomic E-state index is 13.3. The molecule has 2 aromatic carbocycles. The van der Waals surface area contributed by atoms with E-state index in [4.69, 9.17) is 4.98 Å². The monoisotopic (exact) mass is 490 g/mol. The number of amides is 2. The van der Waals surface area contributed by atoms with Crippen molar-refractivity contribution in [1.29, 1.82) is 0 Å². The van der Waals surface area contributed by atoms with E-state index in [1.54, 1.807) is 0 Å². The van der Waals surface area contributed by atoms with Crippen LogP contribution in [0.4, 0.5) is 0 Å². The fraction of sp³-hybridized carbons (Fsp3) is 0.500. The van der Waals surface area contributed by atoms with Gasteiger partial charge < -0.3 is 14.8 Å². The molecule has 1 N–H and O–H groups in total. The number of imidazole rings is 1. The van der Waals surface area contributed by atoms with Crippen molar-refractivity contribution < 1.29 is 9.59 Å². The smallest absolute Gasteiger partial charge is 0.251 e. The van der Waals surface area contributed by atoms with Crippen molar-refractivity contribution in [3.05, 3.63) is 65.5 Å². The molecule has 36 heavy (non-hydrogen) atoms. The van der Waals surface area contributed by atoms with Crippen LogP contribution < -0.4 is 5.32 Å². The molecule has 0 saturated heterocycles. The number of hydrogen-bond donors (Lipinski definition) is 1. The lowest BCUT2D eigenvalue weighted by atomic mass is 10.1. The summed E-state index contributed by atoms with van der Waals surface area (Å²) in [6.07, 6.45) is 3.66. The van der Waals surface area contributed by atoms with Crippen molar-refractivity contribution in [3.8, 4) is 0 Å². The van der Waals surface area contributed by atoms with Gasteiger partial charge in [-0.25, -0.2) is 4.98 Å². The van der Waals surface area contributed by atoms with Crippen molar-refractivity contribution in [2.24, 2.45) is 11.8 Å².